The minimum atomic E-state index is -2.85. The molecular weight excluding hydrogens is 436 g/mol. The maximum absolute atomic E-state index is 11.8. The van der Waals surface area contributed by atoms with Crippen molar-refractivity contribution in [1.29, 1.82) is 0 Å². The SMILES string of the molecule is O=C(O)C(O)C(O)C(=O)O.O=C(O)CC(CC(=O)O)(OC(=O)C1(C(=O)O)CC1)C(=O)O. The summed E-state index contributed by atoms with van der Waals surface area (Å²) in [4.78, 5) is 74.9. The molecule has 0 heterocycles. The summed E-state index contributed by atoms with van der Waals surface area (Å²) < 4.78 is 4.53. The van der Waals surface area contributed by atoms with Gasteiger partial charge < -0.3 is 45.6 Å². The number of ether oxygens (including phenoxy) is 1. The van der Waals surface area contributed by atoms with Crippen molar-refractivity contribution in [3.63, 3.8) is 0 Å². The Morgan fingerprint density at radius 1 is 0.742 bits per heavy atom. The number of esters is 1. The summed E-state index contributed by atoms with van der Waals surface area (Å²) in [6.45, 7) is 0. The van der Waals surface area contributed by atoms with Crippen molar-refractivity contribution in [3.8, 4) is 0 Å². The first-order valence-corrected chi connectivity index (χ1v) is 7.98. The van der Waals surface area contributed by atoms with Crippen LogP contribution in [-0.4, -0.2) is 100 Å². The standard InChI is InChI=1S/C11H12O10.C4H6O6/c12-5(13)3-11(8(18)19,4-6(14)15)21-9(20)10(1-2-10)7(16)17;5-1(3(7)8)2(6)4(9)10/h1-4H2,(H,12,13)(H,14,15)(H,16,17)(H,18,19);1-2,5-6H,(H,7,8)(H,9,10). The molecule has 2 atom stereocenters. The quantitative estimate of drug-likeness (QED) is 0.114. The number of carboxylic acids is 6. The number of aliphatic hydroxyl groups excluding tert-OH is 2. The first kappa shape index (κ1) is 27.2. The van der Waals surface area contributed by atoms with Crippen LogP contribution in [-0.2, 0) is 38.3 Å². The van der Waals surface area contributed by atoms with Gasteiger partial charge in [-0.1, -0.05) is 0 Å². The van der Waals surface area contributed by atoms with E-state index in [9.17, 15) is 33.6 Å². The van der Waals surface area contributed by atoms with Gasteiger partial charge in [0.05, 0.1) is 12.8 Å². The minimum Gasteiger partial charge on any atom is -0.481 e. The maximum atomic E-state index is 11.8. The van der Waals surface area contributed by atoms with E-state index in [0.29, 0.717) is 0 Å². The Labute approximate surface area is 170 Å². The summed E-state index contributed by atoms with van der Waals surface area (Å²) in [5.74, 6) is -11.9. The lowest BCUT2D eigenvalue weighted by Crippen LogP contribution is -2.49. The van der Waals surface area contributed by atoms with Gasteiger partial charge >= 0.3 is 41.8 Å². The van der Waals surface area contributed by atoms with Gasteiger partial charge in [0.15, 0.2) is 17.6 Å². The second-order valence-electron chi connectivity index (χ2n) is 6.28. The fraction of sp³-hybridized carbons (Fsp3) is 0.533. The van der Waals surface area contributed by atoms with Crippen LogP contribution < -0.4 is 0 Å². The lowest BCUT2D eigenvalue weighted by atomic mass is 9.94. The third kappa shape index (κ3) is 7.19. The fourth-order valence-corrected chi connectivity index (χ4v) is 1.99. The first-order chi connectivity index (χ1) is 14.0. The van der Waals surface area contributed by atoms with Crippen LogP contribution in [0.5, 0.6) is 0 Å². The van der Waals surface area contributed by atoms with Gasteiger partial charge in [-0.05, 0) is 12.8 Å². The predicted octanol–water partition coefficient (Wildman–Crippen LogP) is -2.96. The molecule has 0 saturated heterocycles. The molecule has 1 saturated carbocycles. The Balaban J connectivity index is 0.000000759. The van der Waals surface area contributed by atoms with E-state index in [0.717, 1.165) is 0 Å². The smallest absolute Gasteiger partial charge is 0.349 e. The summed E-state index contributed by atoms with van der Waals surface area (Å²) in [7, 11) is 0. The highest BCUT2D eigenvalue weighted by Gasteiger charge is 2.61. The molecule has 0 spiro atoms. The molecule has 0 aromatic rings. The zero-order chi connectivity index (χ0) is 24.7. The van der Waals surface area contributed by atoms with Crippen LogP contribution in [0, 0.1) is 5.41 Å². The topological polar surface area (TPSA) is 291 Å². The maximum Gasteiger partial charge on any atom is 0.349 e. The number of carboxylic acid groups (broad SMARTS) is 6. The molecule has 1 aliphatic rings. The number of rotatable bonds is 11. The first-order valence-electron chi connectivity index (χ1n) is 7.98. The molecule has 0 aromatic heterocycles. The van der Waals surface area contributed by atoms with Gasteiger partial charge in [-0.3, -0.25) is 19.2 Å². The van der Waals surface area contributed by atoms with Crippen LogP contribution >= 0.6 is 0 Å². The lowest BCUT2D eigenvalue weighted by Gasteiger charge is -2.27. The molecule has 0 aliphatic heterocycles. The number of hydrogen-bond acceptors (Lipinski definition) is 10. The summed E-state index contributed by atoms with van der Waals surface area (Å²) in [6.07, 6.45) is -7.30. The van der Waals surface area contributed by atoms with E-state index < -0.39 is 77.9 Å². The Bertz CT molecular complexity index is 744. The molecule has 0 amide bonds. The van der Waals surface area contributed by atoms with Crippen molar-refractivity contribution in [3.05, 3.63) is 0 Å². The van der Waals surface area contributed by atoms with Crippen molar-refractivity contribution in [2.75, 3.05) is 0 Å². The fourth-order valence-electron chi connectivity index (χ4n) is 1.99. The number of hydrogen-bond donors (Lipinski definition) is 8. The van der Waals surface area contributed by atoms with E-state index in [-0.39, 0.29) is 12.8 Å². The molecule has 1 fully saturated rings. The molecule has 174 valence electrons. The molecule has 16 nitrogen and oxygen atoms in total. The zero-order valence-electron chi connectivity index (χ0n) is 15.3. The van der Waals surface area contributed by atoms with Crippen LogP contribution in [0.25, 0.3) is 0 Å². The molecule has 1 aliphatic carbocycles. The number of carbonyl (C=O) groups excluding carboxylic acids is 1. The normalized spacial score (nSPS) is 15.8. The average molecular weight is 454 g/mol. The third-order valence-electron chi connectivity index (χ3n) is 3.91. The van der Waals surface area contributed by atoms with Gasteiger partial charge in [0.25, 0.3) is 0 Å². The Morgan fingerprint density at radius 2 is 1.10 bits per heavy atom. The Morgan fingerprint density at radius 3 is 1.29 bits per heavy atom. The van der Waals surface area contributed by atoms with Gasteiger partial charge in [-0.25, -0.2) is 14.4 Å². The third-order valence-corrected chi connectivity index (χ3v) is 3.91. The van der Waals surface area contributed by atoms with E-state index in [1.165, 1.54) is 0 Å². The van der Waals surface area contributed by atoms with Crippen molar-refractivity contribution >= 4 is 41.8 Å². The van der Waals surface area contributed by atoms with Gasteiger partial charge in [-0.15, -0.1) is 0 Å². The van der Waals surface area contributed by atoms with Crippen LogP contribution in [0.3, 0.4) is 0 Å². The minimum absolute atomic E-state index is 0.0863. The van der Waals surface area contributed by atoms with Gasteiger partial charge in [0, 0.05) is 0 Å². The molecular formula is C15H18O16. The van der Waals surface area contributed by atoms with E-state index in [4.69, 9.17) is 40.9 Å². The monoisotopic (exact) mass is 454 g/mol. The van der Waals surface area contributed by atoms with E-state index in [2.05, 4.69) is 4.74 Å². The summed E-state index contributed by atoms with van der Waals surface area (Å²) >= 11 is 0. The molecule has 0 bridgehead atoms. The number of aliphatic hydroxyl groups is 2. The van der Waals surface area contributed by atoms with Crippen LogP contribution in [0.15, 0.2) is 0 Å². The van der Waals surface area contributed by atoms with Crippen LogP contribution in [0.2, 0.25) is 0 Å². The predicted molar refractivity (Wildman–Crippen MR) is 87.6 cm³/mol. The summed E-state index contributed by atoms with van der Waals surface area (Å²) in [5.41, 5.74) is -4.77. The Hall–Kier alpha value is -3.79. The van der Waals surface area contributed by atoms with Gasteiger partial charge in [0.1, 0.15) is 0 Å². The Kier molecular flexibility index (Phi) is 9.04. The largest absolute Gasteiger partial charge is 0.481 e. The van der Waals surface area contributed by atoms with E-state index >= 15 is 0 Å². The molecule has 0 radical (unpaired) electrons. The second-order valence-corrected chi connectivity index (χ2v) is 6.28. The van der Waals surface area contributed by atoms with Crippen LogP contribution in [0.4, 0.5) is 0 Å². The van der Waals surface area contributed by atoms with E-state index in [1.54, 1.807) is 0 Å². The summed E-state index contributed by atoms with van der Waals surface area (Å²) in [5, 5.41) is 67.8. The van der Waals surface area contributed by atoms with E-state index in [1.807, 2.05) is 0 Å². The summed E-state index contributed by atoms with van der Waals surface area (Å²) in [6, 6.07) is 0. The highest BCUT2D eigenvalue weighted by atomic mass is 16.6. The molecule has 16 heteroatoms. The highest BCUT2D eigenvalue weighted by molar-refractivity contribution is 6.03. The second kappa shape index (κ2) is 10.3. The van der Waals surface area contributed by atoms with Crippen molar-refractivity contribution < 1.29 is 79.2 Å². The highest BCUT2D eigenvalue weighted by Crippen LogP contribution is 2.48. The van der Waals surface area contributed by atoms with Crippen molar-refractivity contribution in [2.24, 2.45) is 5.41 Å². The molecule has 2 unspecified atom stereocenters. The zero-order valence-corrected chi connectivity index (χ0v) is 15.3. The molecule has 0 aromatic carbocycles. The lowest BCUT2D eigenvalue weighted by molar-refractivity contribution is -0.191. The number of carbonyl (C=O) groups is 7. The van der Waals surface area contributed by atoms with Crippen molar-refractivity contribution in [1.82, 2.24) is 0 Å². The molecule has 8 N–H and O–H groups in total. The molecule has 1 rings (SSSR count). The van der Waals surface area contributed by atoms with Gasteiger partial charge in [0.2, 0.25) is 5.60 Å². The number of aliphatic carboxylic acids is 6. The van der Waals surface area contributed by atoms with Crippen molar-refractivity contribution in [2.45, 2.75) is 43.5 Å². The molecule has 31 heavy (non-hydrogen) atoms. The van der Waals surface area contributed by atoms with Gasteiger partial charge in [-0.2, -0.15) is 0 Å². The van der Waals surface area contributed by atoms with Crippen LogP contribution in [0.1, 0.15) is 25.7 Å². The average Bonchev–Trinajstić information content (AvgIpc) is 3.41.